The lowest BCUT2D eigenvalue weighted by molar-refractivity contribution is 0.918. The van der Waals surface area contributed by atoms with Crippen LogP contribution in [0.5, 0.6) is 0 Å². The summed E-state index contributed by atoms with van der Waals surface area (Å²) >= 11 is 32.5. The zero-order valence-electron chi connectivity index (χ0n) is 11.7. The molecule has 0 nitrogen and oxygen atoms in total. The summed E-state index contributed by atoms with van der Waals surface area (Å²) in [5.41, 5.74) is 2.04. The molecule has 2 unspecified atom stereocenters. The zero-order chi connectivity index (χ0) is 16.6. The third-order valence-corrected chi connectivity index (χ3v) is 5.77. The van der Waals surface area contributed by atoms with E-state index in [0.29, 0.717) is 26.2 Å². The number of hydrogen-bond acceptors (Lipinski definition) is 0. The predicted octanol–water partition coefficient (Wildman–Crippen LogP) is 7.06. The second-order valence-corrected chi connectivity index (χ2v) is 7.30. The van der Waals surface area contributed by atoms with Gasteiger partial charge in [0.2, 0.25) is 0 Å². The van der Waals surface area contributed by atoms with Gasteiger partial charge in [-0.2, -0.15) is 0 Å². The molecule has 0 saturated heterocycles. The van der Waals surface area contributed by atoms with Crippen LogP contribution in [-0.4, -0.2) is 5.38 Å². The molecular weight excluding hydrogens is 393 g/mol. The van der Waals surface area contributed by atoms with Gasteiger partial charge in [-0.3, -0.25) is 0 Å². The Morgan fingerprint density at radius 1 is 0.870 bits per heavy atom. The topological polar surface area (TPSA) is 0 Å². The first-order chi connectivity index (χ1) is 10.9. The number of halogens is 5. The maximum absolute atomic E-state index is 6.82. The van der Waals surface area contributed by atoms with Crippen LogP contribution in [0, 0.1) is 6.08 Å². The molecule has 5 heteroatoms. The molecule has 23 heavy (non-hydrogen) atoms. The van der Waals surface area contributed by atoms with Crippen LogP contribution in [0.3, 0.4) is 0 Å². The van der Waals surface area contributed by atoms with Gasteiger partial charge in [0, 0.05) is 21.2 Å². The lowest BCUT2D eigenvalue weighted by Crippen LogP contribution is -2.24. The fraction of sp³-hybridized carbons (Fsp3) is 0.111. The van der Waals surface area contributed by atoms with Gasteiger partial charge in [0.1, 0.15) is 4.87 Å². The summed E-state index contributed by atoms with van der Waals surface area (Å²) in [5.74, 6) is 0. The van der Waals surface area contributed by atoms with Crippen LogP contribution >= 0.6 is 58.0 Å². The first-order valence-electron chi connectivity index (χ1n) is 6.78. The van der Waals surface area contributed by atoms with Crippen LogP contribution in [0.25, 0.3) is 5.57 Å². The van der Waals surface area contributed by atoms with Crippen molar-refractivity contribution in [2.45, 2.75) is 10.3 Å². The third-order valence-electron chi connectivity index (χ3n) is 3.67. The molecule has 0 saturated carbocycles. The van der Waals surface area contributed by atoms with Crippen LogP contribution in [0.1, 0.15) is 11.1 Å². The van der Waals surface area contributed by atoms with Gasteiger partial charge in [-0.1, -0.05) is 71.2 Å². The second kappa shape index (κ2) is 6.70. The van der Waals surface area contributed by atoms with Crippen molar-refractivity contribution in [2.75, 3.05) is 0 Å². The summed E-state index contributed by atoms with van der Waals surface area (Å²) in [7, 11) is 0. The molecule has 3 rings (SSSR count). The molecule has 2 aromatic carbocycles. The summed E-state index contributed by atoms with van der Waals surface area (Å²) in [6, 6.07) is 14.6. The van der Waals surface area contributed by atoms with Crippen molar-refractivity contribution in [1.29, 1.82) is 0 Å². The van der Waals surface area contributed by atoms with Crippen molar-refractivity contribution >= 4 is 63.6 Å². The SMILES string of the molecule is ClC1=C(c2ccccc2Cl)C(Cl)[C]=CC1(Cl)c1ccccc1Cl. The molecule has 0 fully saturated rings. The van der Waals surface area contributed by atoms with E-state index in [1.807, 2.05) is 36.4 Å². The minimum Gasteiger partial charge on any atom is -0.113 e. The fourth-order valence-electron chi connectivity index (χ4n) is 2.53. The van der Waals surface area contributed by atoms with Gasteiger partial charge in [0.25, 0.3) is 0 Å². The predicted molar refractivity (Wildman–Crippen MR) is 101 cm³/mol. The van der Waals surface area contributed by atoms with Gasteiger partial charge in [-0.25, -0.2) is 0 Å². The van der Waals surface area contributed by atoms with Crippen LogP contribution in [-0.2, 0) is 4.87 Å². The van der Waals surface area contributed by atoms with E-state index >= 15 is 0 Å². The number of allylic oxidation sites excluding steroid dienone is 4. The molecule has 117 valence electrons. The molecule has 1 aliphatic carbocycles. The smallest absolute Gasteiger partial charge is 0.113 e. The Kier molecular flexibility index (Phi) is 5.01. The number of hydrogen-bond donors (Lipinski definition) is 0. The molecule has 0 amide bonds. The maximum atomic E-state index is 6.82. The quantitative estimate of drug-likeness (QED) is 0.471. The number of alkyl halides is 2. The molecule has 0 N–H and O–H groups in total. The molecule has 1 aliphatic rings. The first-order valence-corrected chi connectivity index (χ1v) is 8.73. The van der Waals surface area contributed by atoms with Crippen molar-refractivity contribution in [3.8, 4) is 0 Å². The van der Waals surface area contributed by atoms with E-state index in [4.69, 9.17) is 58.0 Å². The molecule has 0 bridgehead atoms. The molecular formula is C18H10Cl5. The Labute approximate surface area is 160 Å². The second-order valence-electron chi connectivity index (χ2n) is 5.07. The van der Waals surface area contributed by atoms with E-state index in [1.54, 1.807) is 18.2 Å². The number of benzene rings is 2. The average molecular weight is 404 g/mol. The molecule has 2 atom stereocenters. The van der Waals surface area contributed by atoms with Gasteiger partial charge in [0.05, 0.1) is 10.4 Å². The van der Waals surface area contributed by atoms with E-state index < -0.39 is 10.3 Å². The Balaban J connectivity index is 2.23. The van der Waals surface area contributed by atoms with E-state index in [2.05, 4.69) is 6.08 Å². The average Bonchev–Trinajstić information content (AvgIpc) is 2.54. The number of rotatable bonds is 2. The van der Waals surface area contributed by atoms with Gasteiger partial charge in [-0.05, 0) is 29.8 Å². The highest BCUT2D eigenvalue weighted by atomic mass is 35.5. The largest absolute Gasteiger partial charge is 0.125 e. The summed E-state index contributed by atoms with van der Waals surface area (Å²) in [5, 5.41) is 0.897. The van der Waals surface area contributed by atoms with Crippen LogP contribution in [0.4, 0.5) is 0 Å². The highest BCUT2D eigenvalue weighted by Crippen LogP contribution is 2.50. The van der Waals surface area contributed by atoms with Gasteiger partial charge in [-0.15, -0.1) is 23.2 Å². The minimum atomic E-state index is -1.13. The van der Waals surface area contributed by atoms with Crippen molar-refractivity contribution in [3.63, 3.8) is 0 Å². The summed E-state index contributed by atoms with van der Waals surface area (Å²) in [6.45, 7) is 0. The van der Waals surface area contributed by atoms with E-state index in [-0.39, 0.29) is 0 Å². The third kappa shape index (κ3) is 3.04. The van der Waals surface area contributed by atoms with Crippen LogP contribution < -0.4 is 0 Å². The lowest BCUT2D eigenvalue weighted by atomic mass is 9.86. The Morgan fingerprint density at radius 3 is 2.13 bits per heavy atom. The van der Waals surface area contributed by atoms with Crippen LogP contribution in [0.2, 0.25) is 10.0 Å². The van der Waals surface area contributed by atoms with Gasteiger partial charge in [0.15, 0.2) is 0 Å². The molecule has 2 aromatic rings. The molecule has 0 spiro atoms. The Hall–Kier alpha value is -0.630. The highest BCUT2D eigenvalue weighted by molar-refractivity contribution is 6.46. The van der Waals surface area contributed by atoms with Gasteiger partial charge < -0.3 is 0 Å². The first kappa shape index (κ1) is 17.2. The highest BCUT2D eigenvalue weighted by Gasteiger charge is 2.39. The normalized spacial score (nSPS) is 24.1. The minimum absolute atomic E-state index is 0.374. The Bertz CT molecular complexity index is 809. The van der Waals surface area contributed by atoms with E-state index in [9.17, 15) is 0 Å². The summed E-state index contributed by atoms with van der Waals surface area (Å²) < 4.78 is 0. The lowest BCUT2D eigenvalue weighted by Gasteiger charge is -2.32. The molecule has 1 radical (unpaired) electrons. The van der Waals surface area contributed by atoms with Crippen LogP contribution in [0.15, 0.2) is 59.6 Å². The van der Waals surface area contributed by atoms with Gasteiger partial charge >= 0.3 is 0 Å². The summed E-state index contributed by atoms with van der Waals surface area (Å²) in [4.78, 5) is -1.13. The molecule has 0 aromatic heterocycles. The fourth-order valence-corrected chi connectivity index (χ4v) is 4.14. The Morgan fingerprint density at radius 2 is 1.48 bits per heavy atom. The maximum Gasteiger partial charge on any atom is 0.125 e. The van der Waals surface area contributed by atoms with E-state index in [0.717, 1.165) is 5.56 Å². The monoisotopic (exact) mass is 401 g/mol. The summed E-state index contributed by atoms with van der Waals surface area (Å²) in [6.07, 6.45) is 4.70. The van der Waals surface area contributed by atoms with Crippen molar-refractivity contribution in [2.24, 2.45) is 0 Å². The molecule has 0 heterocycles. The van der Waals surface area contributed by atoms with E-state index in [1.165, 1.54) is 0 Å². The van der Waals surface area contributed by atoms with Crippen molar-refractivity contribution in [1.82, 2.24) is 0 Å². The van der Waals surface area contributed by atoms with Crippen molar-refractivity contribution < 1.29 is 0 Å². The standard InChI is InChI=1S/C18H10Cl5/c19-13-7-3-1-5-11(13)16-15(21)9-10-18(23,17(16)22)12-6-2-4-8-14(12)20/h1-8,10,15H. The molecule has 0 aliphatic heterocycles. The van der Waals surface area contributed by atoms with Crippen molar-refractivity contribution in [3.05, 3.63) is 86.9 Å². The zero-order valence-corrected chi connectivity index (χ0v) is 15.4.